The van der Waals surface area contributed by atoms with E-state index in [1.165, 1.54) is 25.3 Å². The number of nitrogens with one attached hydrogen (secondary N) is 2. The summed E-state index contributed by atoms with van der Waals surface area (Å²) in [6.45, 7) is 1.60. The number of benzene rings is 1. The molecule has 2 aromatic rings. The molecule has 1 aromatic carbocycles. The summed E-state index contributed by atoms with van der Waals surface area (Å²) in [5.41, 5.74) is 0.512. The van der Waals surface area contributed by atoms with Crippen LogP contribution in [0.15, 0.2) is 18.2 Å². The van der Waals surface area contributed by atoms with Gasteiger partial charge in [-0.1, -0.05) is 6.07 Å². The molecule has 0 aliphatic carbocycles. The summed E-state index contributed by atoms with van der Waals surface area (Å²) in [5, 5.41) is 19.4. The van der Waals surface area contributed by atoms with Gasteiger partial charge >= 0.3 is 6.01 Å². The van der Waals surface area contributed by atoms with Gasteiger partial charge in [0.05, 0.1) is 12.0 Å². The second-order valence-electron chi connectivity index (χ2n) is 3.88. The van der Waals surface area contributed by atoms with Crippen LogP contribution in [0.2, 0.25) is 0 Å². The van der Waals surface area contributed by atoms with Gasteiger partial charge in [-0.3, -0.25) is 20.2 Å². The molecule has 0 atom stereocenters. The van der Waals surface area contributed by atoms with Crippen molar-refractivity contribution in [1.29, 1.82) is 0 Å². The van der Waals surface area contributed by atoms with Crippen LogP contribution in [0.1, 0.15) is 15.9 Å². The summed E-state index contributed by atoms with van der Waals surface area (Å²) in [7, 11) is 1.39. The minimum absolute atomic E-state index is 0.0789. The third kappa shape index (κ3) is 2.71. The van der Waals surface area contributed by atoms with Crippen molar-refractivity contribution in [2.45, 2.75) is 6.92 Å². The van der Waals surface area contributed by atoms with Crippen molar-refractivity contribution in [1.82, 2.24) is 15.2 Å². The quantitative estimate of drug-likeness (QED) is 0.641. The molecule has 0 aliphatic heterocycles. The Bertz CT molecular complexity index is 667. The van der Waals surface area contributed by atoms with E-state index in [0.29, 0.717) is 5.56 Å². The molecule has 1 amide bonds. The molecular formula is C11H11N5O4. The molecule has 2 rings (SSSR count). The molecule has 0 spiro atoms. The number of aromatic amines is 1. The highest BCUT2D eigenvalue weighted by Gasteiger charge is 2.16. The number of nitrogens with zero attached hydrogens (tertiary/aromatic N) is 3. The van der Waals surface area contributed by atoms with E-state index in [1.54, 1.807) is 6.92 Å². The zero-order chi connectivity index (χ0) is 14.7. The summed E-state index contributed by atoms with van der Waals surface area (Å²) in [6.07, 6.45) is 0. The summed E-state index contributed by atoms with van der Waals surface area (Å²) >= 11 is 0. The minimum atomic E-state index is -0.538. The Labute approximate surface area is 113 Å². The molecule has 0 radical (unpaired) electrons. The lowest BCUT2D eigenvalue weighted by molar-refractivity contribution is -0.385. The van der Waals surface area contributed by atoms with Crippen LogP contribution in [0.4, 0.5) is 11.6 Å². The molecule has 20 heavy (non-hydrogen) atoms. The molecule has 0 aliphatic rings. The number of H-pyrrole nitrogens is 1. The molecular weight excluding hydrogens is 266 g/mol. The Morgan fingerprint density at radius 1 is 1.50 bits per heavy atom. The molecule has 1 aromatic heterocycles. The smallest absolute Gasteiger partial charge is 0.336 e. The van der Waals surface area contributed by atoms with E-state index in [2.05, 4.69) is 20.5 Å². The first kappa shape index (κ1) is 13.5. The van der Waals surface area contributed by atoms with E-state index in [9.17, 15) is 14.9 Å². The zero-order valence-electron chi connectivity index (χ0n) is 10.7. The molecule has 1 heterocycles. The van der Waals surface area contributed by atoms with E-state index < -0.39 is 10.8 Å². The van der Waals surface area contributed by atoms with E-state index in [4.69, 9.17) is 4.74 Å². The Morgan fingerprint density at radius 2 is 2.25 bits per heavy atom. The van der Waals surface area contributed by atoms with Crippen LogP contribution in [0.3, 0.4) is 0 Å². The van der Waals surface area contributed by atoms with Gasteiger partial charge in [-0.25, -0.2) is 5.10 Å². The molecule has 9 nitrogen and oxygen atoms in total. The summed E-state index contributed by atoms with van der Waals surface area (Å²) in [6, 6.07) is 4.28. The Balaban J connectivity index is 2.21. The number of methoxy groups -OCH3 is 1. The predicted octanol–water partition coefficient (Wildman–Crippen LogP) is 1.28. The standard InChI is InChI=1S/C11H11N5O4/c1-6-3-4-7(5-8(6)16(18)19)9(17)12-10-13-11(20-2)15-14-10/h3-5H,1-2H3,(H2,12,13,14,15,17). The first-order valence-electron chi connectivity index (χ1n) is 5.54. The number of carbonyl (C=O) groups excluding carboxylic acids is 1. The molecule has 104 valence electrons. The number of nitro benzene ring substituents is 1. The first-order chi connectivity index (χ1) is 9.51. The lowest BCUT2D eigenvalue weighted by Crippen LogP contribution is -2.13. The van der Waals surface area contributed by atoms with Gasteiger partial charge in [0.2, 0.25) is 5.95 Å². The van der Waals surface area contributed by atoms with E-state index in [0.717, 1.165) is 0 Å². The number of aryl methyl sites for hydroxylation is 1. The topological polar surface area (TPSA) is 123 Å². The summed E-state index contributed by atoms with van der Waals surface area (Å²) < 4.78 is 4.75. The highest BCUT2D eigenvalue weighted by Crippen LogP contribution is 2.19. The number of carbonyl (C=O) groups is 1. The van der Waals surface area contributed by atoms with E-state index >= 15 is 0 Å². The zero-order valence-corrected chi connectivity index (χ0v) is 10.7. The van der Waals surface area contributed by atoms with Crippen LogP contribution in [0.5, 0.6) is 6.01 Å². The van der Waals surface area contributed by atoms with E-state index in [1.807, 2.05) is 0 Å². The fourth-order valence-electron chi connectivity index (χ4n) is 1.52. The Hall–Kier alpha value is -2.97. The van der Waals surface area contributed by atoms with Crippen molar-refractivity contribution in [3.8, 4) is 6.01 Å². The monoisotopic (exact) mass is 277 g/mol. The molecule has 0 fully saturated rings. The largest absolute Gasteiger partial charge is 0.466 e. The summed E-state index contributed by atoms with van der Waals surface area (Å²) in [4.78, 5) is 26.0. The van der Waals surface area contributed by atoms with Crippen LogP contribution in [0.25, 0.3) is 0 Å². The lowest BCUT2D eigenvalue weighted by Gasteiger charge is -2.03. The van der Waals surface area contributed by atoms with Gasteiger partial charge in [-0.15, -0.1) is 5.10 Å². The molecule has 0 bridgehead atoms. The van der Waals surface area contributed by atoms with Gasteiger partial charge in [-0.05, 0) is 13.0 Å². The highest BCUT2D eigenvalue weighted by atomic mass is 16.6. The van der Waals surface area contributed by atoms with Crippen LogP contribution in [-0.4, -0.2) is 33.1 Å². The molecule has 0 saturated heterocycles. The molecule has 9 heteroatoms. The maximum absolute atomic E-state index is 11.9. The molecule has 0 saturated carbocycles. The molecule has 2 N–H and O–H groups in total. The van der Waals surface area contributed by atoms with Gasteiger partial charge in [0.1, 0.15) is 0 Å². The third-order valence-electron chi connectivity index (χ3n) is 2.55. The van der Waals surface area contributed by atoms with Crippen molar-refractivity contribution >= 4 is 17.5 Å². The number of hydrogen-bond donors (Lipinski definition) is 2. The summed E-state index contributed by atoms with van der Waals surface area (Å²) in [5.74, 6) is -0.443. The number of nitro groups is 1. The van der Waals surface area contributed by atoms with Crippen molar-refractivity contribution in [3.63, 3.8) is 0 Å². The van der Waals surface area contributed by atoms with Crippen molar-refractivity contribution in [2.75, 3.05) is 12.4 Å². The second kappa shape index (κ2) is 5.34. The van der Waals surface area contributed by atoms with Gasteiger partial charge in [0.15, 0.2) is 0 Å². The Morgan fingerprint density at radius 3 is 2.85 bits per heavy atom. The third-order valence-corrected chi connectivity index (χ3v) is 2.55. The maximum Gasteiger partial charge on any atom is 0.336 e. The lowest BCUT2D eigenvalue weighted by atomic mass is 10.1. The number of ether oxygens (including phenoxy) is 1. The second-order valence-corrected chi connectivity index (χ2v) is 3.88. The highest BCUT2D eigenvalue weighted by molar-refractivity contribution is 6.03. The van der Waals surface area contributed by atoms with Gasteiger partial charge < -0.3 is 4.74 Å². The number of hydrogen-bond acceptors (Lipinski definition) is 6. The number of aromatic nitrogens is 3. The number of anilines is 1. The van der Waals surface area contributed by atoms with Crippen LogP contribution in [-0.2, 0) is 0 Å². The SMILES string of the molecule is COc1n[nH]c(NC(=O)c2ccc(C)c([N+](=O)[O-])c2)n1. The fourth-order valence-corrected chi connectivity index (χ4v) is 1.52. The van der Waals surface area contributed by atoms with Gasteiger partial charge in [-0.2, -0.15) is 4.98 Å². The van der Waals surface area contributed by atoms with E-state index in [-0.39, 0.29) is 23.2 Å². The van der Waals surface area contributed by atoms with Crippen LogP contribution < -0.4 is 10.1 Å². The normalized spacial score (nSPS) is 10.1. The van der Waals surface area contributed by atoms with Gasteiger partial charge in [0.25, 0.3) is 11.6 Å². The van der Waals surface area contributed by atoms with Gasteiger partial charge in [0, 0.05) is 17.2 Å². The average molecular weight is 277 g/mol. The maximum atomic E-state index is 11.9. The number of amides is 1. The van der Waals surface area contributed by atoms with Crippen molar-refractivity contribution in [2.24, 2.45) is 0 Å². The predicted molar refractivity (Wildman–Crippen MR) is 68.7 cm³/mol. The van der Waals surface area contributed by atoms with Crippen LogP contribution in [0, 0.1) is 17.0 Å². The fraction of sp³-hybridized carbons (Fsp3) is 0.182. The van der Waals surface area contributed by atoms with Crippen molar-refractivity contribution < 1.29 is 14.5 Å². The Kier molecular flexibility index (Phi) is 3.60. The average Bonchev–Trinajstić information content (AvgIpc) is 2.86. The minimum Gasteiger partial charge on any atom is -0.466 e. The number of rotatable bonds is 4. The first-order valence-corrected chi connectivity index (χ1v) is 5.54. The molecule has 0 unspecified atom stereocenters. The van der Waals surface area contributed by atoms with Crippen LogP contribution >= 0.6 is 0 Å². The van der Waals surface area contributed by atoms with Crippen molar-refractivity contribution in [3.05, 3.63) is 39.4 Å².